The zero-order valence-electron chi connectivity index (χ0n) is 20.4. The molecule has 0 saturated heterocycles. The lowest BCUT2D eigenvalue weighted by atomic mass is 9.94. The third-order valence-corrected chi connectivity index (χ3v) is 5.26. The van der Waals surface area contributed by atoms with E-state index in [-0.39, 0.29) is 24.5 Å². The van der Waals surface area contributed by atoms with Crippen molar-refractivity contribution in [2.45, 2.75) is 52.2 Å². The van der Waals surface area contributed by atoms with Crippen molar-refractivity contribution in [3.8, 4) is 11.1 Å². The van der Waals surface area contributed by atoms with Crippen LogP contribution in [0.4, 0.5) is 21.0 Å². The number of carbonyl (C=O) groups excluding carboxylic acids is 4. The normalized spacial score (nSPS) is 18.2. The third kappa shape index (κ3) is 7.02. The molecule has 1 aliphatic heterocycles. The van der Waals surface area contributed by atoms with E-state index >= 15 is 0 Å². The first-order valence-corrected chi connectivity index (χ1v) is 11.2. The first kappa shape index (κ1) is 25.7. The number of hydrogen-bond donors (Lipinski definition) is 3. The summed E-state index contributed by atoms with van der Waals surface area (Å²) in [5.74, 6) is -1.18. The van der Waals surface area contributed by atoms with E-state index in [2.05, 4.69) is 25.7 Å². The molecule has 2 unspecified atom stereocenters. The third-order valence-electron chi connectivity index (χ3n) is 5.26. The molecule has 3 rings (SSSR count). The number of carbonyl (C=O) groups is 4. The van der Waals surface area contributed by atoms with Crippen molar-refractivity contribution in [3.05, 3.63) is 42.2 Å². The topological polar surface area (TPSA) is 136 Å². The minimum absolute atomic E-state index is 0.0204. The highest BCUT2D eigenvalue weighted by atomic mass is 16.6. The fourth-order valence-electron chi connectivity index (χ4n) is 3.63. The van der Waals surface area contributed by atoms with Gasteiger partial charge >= 0.3 is 12.2 Å². The molecule has 0 aliphatic carbocycles. The van der Waals surface area contributed by atoms with Crippen LogP contribution in [0.2, 0.25) is 0 Å². The SMILES string of the molecule is COC(=O)Nc1ccc2c(c1)NC(=O)C(C)CC(=O)CC(NC(=O)OC(C)(C)C)c1cc-2ccn1. The van der Waals surface area contributed by atoms with Crippen molar-refractivity contribution in [1.82, 2.24) is 10.3 Å². The number of fused-ring (bicyclic) bond motifs is 4. The predicted molar refractivity (Wildman–Crippen MR) is 130 cm³/mol. The minimum atomic E-state index is -0.740. The van der Waals surface area contributed by atoms with Crippen LogP contribution >= 0.6 is 0 Å². The molecule has 10 heteroatoms. The van der Waals surface area contributed by atoms with Crippen LogP contribution in [0.15, 0.2) is 36.5 Å². The molecular weight excluding hydrogens is 452 g/mol. The summed E-state index contributed by atoms with van der Waals surface area (Å²) in [5.41, 5.74) is 2.00. The number of amides is 3. The van der Waals surface area contributed by atoms with Crippen molar-refractivity contribution in [2.75, 3.05) is 17.7 Å². The maximum atomic E-state index is 12.9. The van der Waals surface area contributed by atoms with Gasteiger partial charge in [0.15, 0.2) is 0 Å². The fourth-order valence-corrected chi connectivity index (χ4v) is 3.63. The molecule has 2 heterocycles. The molecule has 0 fully saturated rings. The van der Waals surface area contributed by atoms with Crippen molar-refractivity contribution >= 4 is 35.3 Å². The van der Waals surface area contributed by atoms with Gasteiger partial charge in [-0.25, -0.2) is 9.59 Å². The van der Waals surface area contributed by atoms with Crippen molar-refractivity contribution in [2.24, 2.45) is 5.92 Å². The number of benzene rings is 1. The number of pyridine rings is 1. The van der Waals surface area contributed by atoms with Crippen LogP contribution in [0, 0.1) is 5.92 Å². The lowest BCUT2D eigenvalue weighted by molar-refractivity contribution is -0.126. The van der Waals surface area contributed by atoms with E-state index in [0.29, 0.717) is 28.2 Å². The highest BCUT2D eigenvalue weighted by Gasteiger charge is 2.27. The number of methoxy groups -OCH3 is 1. The highest BCUT2D eigenvalue weighted by molar-refractivity contribution is 6.00. The van der Waals surface area contributed by atoms with Crippen molar-refractivity contribution in [1.29, 1.82) is 0 Å². The van der Waals surface area contributed by atoms with E-state index in [1.807, 2.05) is 0 Å². The molecule has 2 bridgehead atoms. The number of anilines is 2. The monoisotopic (exact) mass is 482 g/mol. The molecular formula is C25H30N4O6. The molecule has 186 valence electrons. The first-order valence-electron chi connectivity index (χ1n) is 11.2. The largest absolute Gasteiger partial charge is 0.453 e. The van der Waals surface area contributed by atoms with Crippen LogP contribution in [0.5, 0.6) is 0 Å². The maximum absolute atomic E-state index is 12.9. The number of hydrogen-bond acceptors (Lipinski definition) is 7. The van der Waals surface area contributed by atoms with Gasteiger partial charge in [0, 0.05) is 36.2 Å². The summed E-state index contributed by atoms with van der Waals surface area (Å²) in [4.78, 5) is 54.2. The number of Topliss-reactive ketones (excluding diaryl/α,β-unsaturated/α-hetero) is 1. The van der Waals surface area contributed by atoms with Gasteiger partial charge in [-0.1, -0.05) is 13.0 Å². The Labute approximate surface area is 203 Å². The Morgan fingerprint density at radius 1 is 1.09 bits per heavy atom. The molecule has 0 spiro atoms. The van der Waals surface area contributed by atoms with Gasteiger partial charge < -0.3 is 20.1 Å². The van der Waals surface area contributed by atoms with Gasteiger partial charge in [0.2, 0.25) is 5.91 Å². The second-order valence-corrected chi connectivity index (χ2v) is 9.38. The quantitative estimate of drug-likeness (QED) is 0.576. The average molecular weight is 483 g/mol. The summed E-state index contributed by atoms with van der Waals surface area (Å²) >= 11 is 0. The van der Waals surface area contributed by atoms with Crippen LogP contribution in [-0.2, 0) is 19.1 Å². The van der Waals surface area contributed by atoms with Crippen molar-refractivity contribution < 1.29 is 28.7 Å². The van der Waals surface area contributed by atoms with E-state index in [0.717, 1.165) is 0 Å². The highest BCUT2D eigenvalue weighted by Crippen LogP contribution is 2.33. The summed E-state index contributed by atoms with van der Waals surface area (Å²) in [5, 5.41) is 8.19. The van der Waals surface area contributed by atoms with Crippen LogP contribution in [0.25, 0.3) is 11.1 Å². The Kier molecular flexibility index (Phi) is 7.73. The first-order chi connectivity index (χ1) is 16.4. The Balaban J connectivity index is 2.06. The second-order valence-electron chi connectivity index (χ2n) is 9.38. The second kappa shape index (κ2) is 10.5. The number of ketones is 1. The van der Waals surface area contributed by atoms with Gasteiger partial charge in [0.25, 0.3) is 0 Å². The van der Waals surface area contributed by atoms with Crippen LogP contribution in [-0.4, -0.2) is 41.6 Å². The van der Waals surface area contributed by atoms with Gasteiger partial charge in [-0.15, -0.1) is 0 Å². The Morgan fingerprint density at radius 3 is 2.51 bits per heavy atom. The van der Waals surface area contributed by atoms with E-state index in [4.69, 9.17) is 4.74 Å². The zero-order valence-corrected chi connectivity index (χ0v) is 20.4. The number of nitrogens with zero attached hydrogens (tertiary/aromatic N) is 1. The Hall–Kier alpha value is -3.95. The number of alkyl carbamates (subject to hydrolysis) is 1. The smallest absolute Gasteiger partial charge is 0.411 e. The molecule has 1 aromatic heterocycles. The molecule has 3 N–H and O–H groups in total. The fraction of sp³-hybridized carbons (Fsp3) is 0.400. The molecule has 1 aliphatic rings. The summed E-state index contributed by atoms with van der Waals surface area (Å²) in [7, 11) is 1.25. The van der Waals surface area contributed by atoms with Crippen LogP contribution in [0.3, 0.4) is 0 Å². The summed E-state index contributed by atoms with van der Waals surface area (Å²) in [6.45, 7) is 6.90. The molecule has 3 amide bonds. The van der Waals surface area contributed by atoms with E-state index in [1.54, 1.807) is 64.2 Å². The number of rotatable bonds is 2. The molecule has 35 heavy (non-hydrogen) atoms. The van der Waals surface area contributed by atoms with Crippen molar-refractivity contribution in [3.63, 3.8) is 0 Å². The van der Waals surface area contributed by atoms with E-state index < -0.39 is 29.7 Å². The predicted octanol–water partition coefficient (Wildman–Crippen LogP) is 4.43. The van der Waals surface area contributed by atoms with Crippen LogP contribution in [0.1, 0.15) is 52.3 Å². The van der Waals surface area contributed by atoms with Gasteiger partial charge in [-0.05, 0) is 50.6 Å². The molecule has 0 saturated carbocycles. The molecule has 1 aromatic carbocycles. The molecule has 2 aromatic rings. The van der Waals surface area contributed by atoms with Gasteiger partial charge in [0.05, 0.1) is 24.5 Å². The molecule has 0 radical (unpaired) electrons. The lowest BCUT2D eigenvalue weighted by Gasteiger charge is -2.24. The number of nitrogens with one attached hydrogen (secondary N) is 3. The number of aromatic nitrogens is 1. The maximum Gasteiger partial charge on any atom is 0.411 e. The van der Waals surface area contributed by atoms with Crippen LogP contribution < -0.4 is 16.0 Å². The Morgan fingerprint density at radius 2 is 1.83 bits per heavy atom. The standard InChI is InChI=1S/C25H30N4O6/c1-14-10-17(30)13-21(29-24(33)35-25(2,3)4)20-11-15(8-9-26-20)18-7-6-16(27-23(32)34-5)12-19(18)28-22(14)31/h6-9,11-12,14,21H,10,13H2,1-5H3,(H,27,32)(H,28,31)(H,29,33). The summed E-state index contributed by atoms with van der Waals surface area (Å²) < 4.78 is 10.0. The summed E-state index contributed by atoms with van der Waals surface area (Å²) in [6, 6.07) is 7.80. The molecule has 2 atom stereocenters. The number of ether oxygens (including phenoxy) is 2. The van der Waals surface area contributed by atoms with E-state index in [9.17, 15) is 19.2 Å². The van der Waals surface area contributed by atoms with E-state index in [1.165, 1.54) is 7.11 Å². The lowest BCUT2D eigenvalue weighted by Crippen LogP contribution is -2.36. The average Bonchev–Trinajstić information content (AvgIpc) is 2.77. The van der Waals surface area contributed by atoms with Gasteiger partial charge in [-0.3, -0.25) is 19.9 Å². The molecule has 10 nitrogen and oxygen atoms in total. The summed E-state index contributed by atoms with van der Waals surface area (Å²) in [6.07, 6.45) is 0.194. The minimum Gasteiger partial charge on any atom is -0.453 e. The zero-order chi connectivity index (χ0) is 25.8. The van der Waals surface area contributed by atoms with Gasteiger partial charge in [0.1, 0.15) is 11.4 Å². The Bertz CT molecular complexity index is 1140. The van der Waals surface area contributed by atoms with Gasteiger partial charge in [-0.2, -0.15) is 0 Å².